The van der Waals surface area contributed by atoms with E-state index in [0.29, 0.717) is 18.5 Å². The molecule has 49 heavy (non-hydrogen) atoms. The Kier molecular flexibility index (Phi) is 10.2. The van der Waals surface area contributed by atoms with Gasteiger partial charge in [0.1, 0.15) is 4.90 Å². The maximum absolute atomic E-state index is 11.3. The Morgan fingerprint density at radius 3 is 1.80 bits per heavy atom. The zero-order chi connectivity index (χ0) is 34.2. The number of nitrogens with zero attached hydrogens (tertiary/aromatic N) is 3. The Bertz CT molecular complexity index is 2500. The van der Waals surface area contributed by atoms with Crippen molar-refractivity contribution < 1.29 is 13.0 Å². The molecule has 2 aromatic heterocycles. The highest BCUT2D eigenvalue weighted by Crippen LogP contribution is 2.29. The second-order valence-electron chi connectivity index (χ2n) is 10.9. The lowest BCUT2D eigenvalue weighted by Gasteiger charge is -2.10. The number of nitrogens with one attached hydrogen (secondary N) is 1. The number of pyridine rings is 2. The first kappa shape index (κ1) is 33.3. The maximum atomic E-state index is 11.3. The Morgan fingerprint density at radius 2 is 1.18 bits per heavy atom. The van der Waals surface area contributed by atoms with Crippen LogP contribution in [0.2, 0.25) is 0 Å². The van der Waals surface area contributed by atoms with Crippen LogP contribution in [0.15, 0.2) is 149 Å². The molecule has 0 saturated carbocycles. The van der Waals surface area contributed by atoms with Gasteiger partial charge in [-0.3, -0.25) is 4.55 Å². The predicted molar refractivity (Wildman–Crippen MR) is 204 cm³/mol. The van der Waals surface area contributed by atoms with E-state index in [1.54, 1.807) is 24.3 Å². The van der Waals surface area contributed by atoms with Gasteiger partial charge in [-0.15, -0.1) is 0 Å². The fourth-order valence-electron chi connectivity index (χ4n) is 5.52. The Morgan fingerprint density at radius 1 is 0.653 bits per heavy atom. The number of fused-ring (bicyclic) bond motifs is 5. The number of anilines is 1. The molecule has 0 bridgehead atoms. The number of hydrogen-bond donors (Lipinski definition) is 3. The molecule has 0 fully saturated rings. The van der Waals surface area contributed by atoms with Gasteiger partial charge in [-0.1, -0.05) is 84.9 Å². The zero-order valence-corrected chi connectivity index (χ0v) is 27.8. The van der Waals surface area contributed by atoms with Gasteiger partial charge in [-0.25, -0.2) is 9.97 Å². The van der Waals surface area contributed by atoms with Gasteiger partial charge >= 0.3 is 0 Å². The molecule has 0 aliphatic heterocycles. The van der Waals surface area contributed by atoms with E-state index in [0.717, 1.165) is 49.6 Å². The first-order valence-corrected chi connectivity index (χ1v) is 17.2. The summed E-state index contributed by atoms with van der Waals surface area (Å²) in [5.41, 5.74) is 11.1. The third kappa shape index (κ3) is 7.76. The fraction of sp³-hybridized carbons (Fsp3) is 0.0513. The molecule has 6 aromatic carbocycles. The second kappa shape index (κ2) is 15.1. The van der Waals surface area contributed by atoms with Gasteiger partial charge in [0.2, 0.25) is 0 Å². The van der Waals surface area contributed by atoms with E-state index >= 15 is 0 Å². The first-order valence-electron chi connectivity index (χ1n) is 15.4. The molecule has 242 valence electrons. The number of para-hydroxylation sites is 3. The quantitative estimate of drug-likeness (QED) is 0.0710. The Labute approximate surface area is 288 Å². The highest BCUT2D eigenvalue weighted by molar-refractivity contribution is 7.86. The van der Waals surface area contributed by atoms with Crippen LogP contribution in [0.3, 0.4) is 0 Å². The number of isothiocyanates is 1. The molecule has 2 heterocycles. The summed E-state index contributed by atoms with van der Waals surface area (Å²) in [5.74, 6) is 0. The van der Waals surface area contributed by atoms with E-state index in [1.807, 2.05) is 84.9 Å². The molecule has 0 aliphatic carbocycles. The van der Waals surface area contributed by atoms with Crippen LogP contribution in [0.5, 0.6) is 0 Å². The lowest BCUT2D eigenvalue weighted by atomic mass is 10.1. The van der Waals surface area contributed by atoms with Crippen LogP contribution in [0.25, 0.3) is 54.4 Å². The van der Waals surface area contributed by atoms with Crippen molar-refractivity contribution in [1.82, 2.24) is 9.97 Å². The second-order valence-corrected chi connectivity index (χ2v) is 12.5. The Hall–Kier alpha value is -5.61. The number of thiocarbonyl (C=S) groups is 1. The monoisotopic (exact) mass is 681 g/mol. The van der Waals surface area contributed by atoms with Crippen LogP contribution in [-0.2, 0) is 10.1 Å². The van der Waals surface area contributed by atoms with Crippen molar-refractivity contribution in [1.29, 1.82) is 0 Å². The highest BCUT2D eigenvalue weighted by Gasteiger charge is 2.14. The molecular weight excluding hydrogens is 651 g/mol. The van der Waals surface area contributed by atoms with Gasteiger partial charge in [0.25, 0.3) is 10.1 Å². The number of aliphatic imine (C=N–C) groups is 1. The summed E-state index contributed by atoms with van der Waals surface area (Å²) in [6.07, 6.45) is 0. The molecule has 10 heteroatoms. The van der Waals surface area contributed by atoms with Crippen molar-refractivity contribution in [2.45, 2.75) is 4.90 Å². The van der Waals surface area contributed by atoms with Crippen LogP contribution in [0.4, 0.5) is 11.4 Å². The molecule has 0 aliphatic rings. The highest BCUT2D eigenvalue weighted by atomic mass is 32.2. The number of hydrogen-bond acceptors (Lipinski definition) is 8. The van der Waals surface area contributed by atoms with Gasteiger partial charge in [0.05, 0.1) is 32.9 Å². The van der Waals surface area contributed by atoms with E-state index in [2.05, 4.69) is 61.9 Å². The van der Waals surface area contributed by atoms with Gasteiger partial charge in [-0.2, -0.15) is 13.4 Å². The van der Waals surface area contributed by atoms with E-state index in [9.17, 15) is 13.0 Å². The lowest BCUT2D eigenvalue weighted by Crippen LogP contribution is -2.13. The average molecular weight is 682 g/mol. The molecule has 0 unspecified atom stereocenters. The first-order chi connectivity index (χ1) is 23.9. The van der Waals surface area contributed by atoms with Crippen molar-refractivity contribution in [3.05, 3.63) is 140 Å². The zero-order valence-electron chi connectivity index (χ0n) is 26.2. The summed E-state index contributed by atoms with van der Waals surface area (Å²) < 4.78 is 31.8. The fourth-order valence-corrected chi connectivity index (χ4v) is 6.32. The SMILES string of the molecule is NCCNc1cccc2c(S(=O)(=O)O)cccc12.S=C=Nc1cccc2nc3ccccc3cc12.c1ccc2nc3ccccc3cc2c1. The van der Waals surface area contributed by atoms with Gasteiger partial charge in [0.15, 0.2) is 0 Å². The molecule has 0 atom stereocenters. The van der Waals surface area contributed by atoms with Crippen molar-refractivity contribution >= 4 is 93.3 Å². The van der Waals surface area contributed by atoms with E-state index in [1.165, 1.54) is 16.8 Å². The van der Waals surface area contributed by atoms with Crippen LogP contribution < -0.4 is 11.1 Å². The summed E-state index contributed by atoms with van der Waals surface area (Å²) >= 11 is 4.66. The van der Waals surface area contributed by atoms with Crippen molar-refractivity contribution in [2.75, 3.05) is 18.4 Å². The molecule has 8 nitrogen and oxygen atoms in total. The minimum absolute atomic E-state index is 0.0867. The molecule has 8 aromatic rings. The number of nitrogens with two attached hydrogens (primary N) is 1. The van der Waals surface area contributed by atoms with Crippen molar-refractivity contribution in [3.8, 4) is 0 Å². The number of rotatable bonds is 5. The van der Waals surface area contributed by atoms with Crippen LogP contribution in [-0.4, -0.2) is 41.2 Å². The third-order valence-electron chi connectivity index (χ3n) is 7.75. The Balaban J connectivity index is 0.000000128. The van der Waals surface area contributed by atoms with E-state index in [-0.39, 0.29) is 4.90 Å². The standard InChI is InChI=1S/C14H8N2S.C13H9N.C12H14N2O3S/c17-9-15-13-6-3-7-14-11(13)8-10-4-1-2-5-12(10)16-14;1-3-7-12-10(5-1)9-11-6-2-4-8-13(11)14-12;13-7-8-14-11-5-1-4-10-9(11)3-2-6-12(10)18(15,16)17/h1-8H;1-9H;1-6,14H,7-8,13H2,(H,15,16,17). The molecule has 0 saturated heterocycles. The molecule has 0 radical (unpaired) electrons. The molecule has 4 N–H and O–H groups in total. The number of aromatic nitrogens is 2. The lowest BCUT2D eigenvalue weighted by molar-refractivity contribution is 0.484. The van der Waals surface area contributed by atoms with Crippen LogP contribution in [0.1, 0.15) is 0 Å². The van der Waals surface area contributed by atoms with E-state index < -0.39 is 10.1 Å². The van der Waals surface area contributed by atoms with Gasteiger partial charge < -0.3 is 11.1 Å². The predicted octanol–water partition coefficient (Wildman–Crippen LogP) is 8.97. The van der Waals surface area contributed by atoms with Gasteiger partial charge in [0, 0.05) is 51.1 Å². The molecule has 8 rings (SSSR count). The van der Waals surface area contributed by atoms with Crippen molar-refractivity contribution in [3.63, 3.8) is 0 Å². The summed E-state index contributed by atoms with van der Waals surface area (Å²) in [4.78, 5) is 13.2. The third-order valence-corrected chi connectivity index (χ3v) is 8.75. The van der Waals surface area contributed by atoms with E-state index in [4.69, 9.17) is 5.73 Å². The molecule has 0 spiro atoms. The minimum atomic E-state index is -4.22. The minimum Gasteiger partial charge on any atom is -0.383 e. The molecular formula is C39H31N5O3S2. The van der Waals surface area contributed by atoms with Crippen LogP contribution >= 0.6 is 12.2 Å². The largest absolute Gasteiger partial charge is 0.383 e. The van der Waals surface area contributed by atoms with Gasteiger partial charge in [-0.05, 0) is 66.8 Å². The average Bonchev–Trinajstić information content (AvgIpc) is 3.12. The summed E-state index contributed by atoms with van der Waals surface area (Å²) in [6, 6.07) is 44.5. The normalized spacial score (nSPS) is 11.0. The van der Waals surface area contributed by atoms with Crippen LogP contribution in [0, 0.1) is 0 Å². The smallest absolute Gasteiger partial charge is 0.295 e. The summed E-state index contributed by atoms with van der Waals surface area (Å²) in [6.45, 7) is 1.07. The summed E-state index contributed by atoms with van der Waals surface area (Å²) in [5, 5.41) is 11.3. The topological polar surface area (TPSA) is 131 Å². The molecule has 0 amide bonds. The maximum Gasteiger partial charge on any atom is 0.295 e. The summed E-state index contributed by atoms with van der Waals surface area (Å²) in [7, 11) is -4.22. The number of benzene rings is 6. The van der Waals surface area contributed by atoms with Crippen molar-refractivity contribution in [2.24, 2.45) is 10.7 Å².